The molecule has 17 heavy (non-hydrogen) atoms. The topological polar surface area (TPSA) is 42.1 Å². The summed E-state index contributed by atoms with van der Waals surface area (Å²) in [5.74, 6) is -0.188. The monoisotopic (exact) mass is 229 g/mol. The molecule has 0 unspecified atom stereocenters. The summed E-state index contributed by atoms with van der Waals surface area (Å²) in [6, 6.07) is 8.14. The van der Waals surface area contributed by atoms with E-state index in [4.69, 9.17) is 4.74 Å². The molecule has 3 heteroatoms. The van der Waals surface area contributed by atoms with E-state index in [1.54, 1.807) is 6.92 Å². The first kappa shape index (κ1) is 11.5. The van der Waals surface area contributed by atoms with Crippen LogP contribution in [0.15, 0.2) is 36.5 Å². The molecule has 0 saturated heterocycles. The summed E-state index contributed by atoms with van der Waals surface area (Å²) >= 11 is 0. The van der Waals surface area contributed by atoms with Gasteiger partial charge >= 0.3 is 5.97 Å². The highest BCUT2D eigenvalue weighted by Crippen LogP contribution is 2.15. The van der Waals surface area contributed by atoms with Crippen molar-refractivity contribution >= 4 is 22.9 Å². The van der Waals surface area contributed by atoms with Gasteiger partial charge in [-0.15, -0.1) is 0 Å². The summed E-state index contributed by atoms with van der Waals surface area (Å²) in [5, 5.41) is 1.17. The van der Waals surface area contributed by atoms with Crippen LogP contribution < -0.4 is 0 Å². The third-order valence-corrected chi connectivity index (χ3v) is 2.48. The quantitative estimate of drug-likeness (QED) is 0.818. The van der Waals surface area contributed by atoms with Gasteiger partial charge in [-0.2, -0.15) is 0 Å². The van der Waals surface area contributed by atoms with Gasteiger partial charge in [0, 0.05) is 11.7 Å². The first-order chi connectivity index (χ1) is 8.29. The SMILES string of the molecule is CCOC(=O)CC=Cc1ccc2[nH]ccc2c1. The highest BCUT2D eigenvalue weighted by molar-refractivity contribution is 5.82. The highest BCUT2D eigenvalue weighted by atomic mass is 16.5. The average Bonchev–Trinajstić information content (AvgIpc) is 2.76. The zero-order valence-electron chi connectivity index (χ0n) is 9.77. The maximum absolute atomic E-state index is 11.1. The van der Waals surface area contributed by atoms with Crippen LogP contribution in [0.3, 0.4) is 0 Å². The Kier molecular flexibility index (Phi) is 3.60. The van der Waals surface area contributed by atoms with Crippen LogP contribution in [0.25, 0.3) is 17.0 Å². The lowest BCUT2D eigenvalue weighted by Crippen LogP contribution is -2.01. The lowest BCUT2D eigenvalue weighted by molar-refractivity contribution is -0.142. The molecule has 0 fully saturated rings. The molecule has 0 spiro atoms. The van der Waals surface area contributed by atoms with Crippen molar-refractivity contribution in [1.82, 2.24) is 4.98 Å². The van der Waals surface area contributed by atoms with Crippen LogP contribution >= 0.6 is 0 Å². The van der Waals surface area contributed by atoms with E-state index < -0.39 is 0 Å². The second kappa shape index (κ2) is 5.34. The maximum Gasteiger partial charge on any atom is 0.309 e. The largest absolute Gasteiger partial charge is 0.466 e. The molecule has 2 aromatic rings. The van der Waals surface area contributed by atoms with E-state index in [9.17, 15) is 4.79 Å². The van der Waals surface area contributed by atoms with E-state index in [-0.39, 0.29) is 5.97 Å². The van der Waals surface area contributed by atoms with Gasteiger partial charge in [-0.25, -0.2) is 0 Å². The molecule has 0 aliphatic carbocycles. The summed E-state index contributed by atoms with van der Waals surface area (Å²) < 4.78 is 4.84. The lowest BCUT2D eigenvalue weighted by atomic mass is 10.1. The molecule has 0 atom stereocenters. The Balaban J connectivity index is 2.02. The number of aromatic nitrogens is 1. The van der Waals surface area contributed by atoms with Gasteiger partial charge in [0.25, 0.3) is 0 Å². The standard InChI is InChI=1S/C14H15NO2/c1-2-17-14(16)5-3-4-11-6-7-13-12(10-11)8-9-15-13/h3-4,6-10,15H,2,5H2,1H3. The Labute approximate surface area is 100 Å². The van der Waals surface area contributed by atoms with Gasteiger partial charge in [0.05, 0.1) is 13.0 Å². The summed E-state index contributed by atoms with van der Waals surface area (Å²) in [7, 11) is 0. The van der Waals surface area contributed by atoms with E-state index in [0.29, 0.717) is 13.0 Å². The minimum Gasteiger partial charge on any atom is -0.466 e. The molecule has 0 aliphatic rings. The number of nitrogens with one attached hydrogen (secondary N) is 1. The number of ether oxygens (including phenoxy) is 1. The van der Waals surface area contributed by atoms with Crippen LogP contribution in [0, 0.1) is 0 Å². The average molecular weight is 229 g/mol. The van der Waals surface area contributed by atoms with Crippen LogP contribution in [-0.2, 0) is 9.53 Å². The number of benzene rings is 1. The fraction of sp³-hybridized carbons (Fsp3) is 0.214. The Morgan fingerprint density at radius 3 is 3.12 bits per heavy atom. The van der Waals surface area contributed by atoms with Crippen molar-refractivity contribution < 1.29 is 9.53 Å². The number of H-pyrrole nitrogens is 1. The van der Waals surface area contributed by atoms with Crippen LogP contribution in [0.5, 0.6) is 0 Å². The van der Waals surface area contributed by atoms with Crippen LogP contribution in [0.4, 0.5) is 0 Å². The van der Waals surface area contributed by atoms with Crippen LogP contribution in [0.2, 0.25) is 0 Å². The summed E-state index contributed by atoms with van der Waals surface area (Å²) in [4.78, 5) is 14.3. The van der Waals surface area contributed by atoms with Crippen molar-refractivity contribution in [3.05, 3.63) is 42.1 Å². The molecule has 0 radical (unpaired) electrons. The summed E-state index contributed by atoms with van der Waals surface area (Å²) in [6.45, 7) is 2.24. The Morgan fingerprint density at radius 2 is 2.29 bits per heavy atom. The van der Waals surface area contributed by atoms with Crippen molar-refractivity contribution in [2.24, 2.45) is 0 Å². The third-order valence-electron chi connectivity index (χ3n) is 2.48. The van der Waals surface area contributed by atoms with Crippen LogP contribution in [-0.4, -0.2) is 17.6 Å². The zero-order chi connectivity index (χ0) is 12.1. The minimum absolute atomic E-state index is 0.188. The second-order valence-electron chi connectivity index (χ2n) is 3.74. The van der Waals surface area contributed by atoms with E-state index in [1.165, 1.54) is 5.39 Å². The predicted molar refractivity (Wildman–Crippen MR) is 68.6 cm³/mol. The number of rotatable bonds is 4. The van der Waals surface area contributed by atoms with Crippen molar-refractivity contribution in [3.63, 3.8) is 0 Å². The number of fused-ring (bicyclic) bond motifs is 1. The Morgan fingerprint density at radius 1 is 1.41 bits per heavy atom. The number of carbonyl (C=O) groups is 1. The Hall–Kier alpha value is -2.03. The zero-order valence-corrected chi connectivity index (χ0v) is 9.77. The molecule has 3 nitrogen and oxygen atoms in total. The fourth-order valence-corrected chi connectivity index (χ4v) is 1.69. The van der Waals surface area contributed by atoms with Gasteiger partial charge in [-0.1, -0.05) is 18.2 Å². The molecule has 1 aromatic heterocycles. The smallest absolute Gasteiger partial charge is 0.309 e. The second-order valence-corrected chi connectivity index (χ2v) is 3.74. The molecule has 88 valence electrons. The van der Waals surface area contributed by atoms with Gasteiger partial charge in [0.2, 0.25) is 0 Å². The van der Waals surface area contributed by atoms with E-state index in [0.717, 1.165) is 11.1 Å². The van der Waals surface area contributed by atoms with Gasteiger partial charge in [-0.05, 0) is 36.1 Å². The minimum atomic E-state index is -0.188. The molecule has 0 amide bonds. The highest BCUT2D eigenvalue weighted by Gasteiger charge is 1.97. The molecule has 0 saturated carbocycles. The molecule has 1 N–H and O–H groups in total. The number of esters is 1. The van der Waals surface area contributed by atoms with Crippen molar-refractivity contribution in [2.45, 2.75) is 13.3 Å². The molecule has 1 heterocycles. The predicted octanol–water partition coefficient (Wildman–Crippen LogP) is 3.13. The van der Waals surface area contributed by atoms with Gasteiger partial charge in [0.15, 0.2) is 0 Å². The lowest BCUT2D eigenvalue weighted by Gasteiger charge is -1.97. The van der Waals surface area contributed by atoms with Crippen molar-refractivity contribution in [2.75, 3.05) is 6.61 Å². The number of aromatic amines is 1. The maximum atomic E-state index is 11.1. The van der Waals surface area contributed by atoms with Gasteiger partial charge < -0.3 is 9.72 Å². The molecular weight excluding hydrogens is 214 g/mol. The normalized spacial score (nSPS) is 11.1. The van der Waals surface area contributed by atoms with Gasteiger partial charge in [0.1, 0.15) is 0 Å². The van der Waals surface area contributed by atoms with Crippen molar-refractivity contribution in [3.8, 4) is 0 Å². The number of hydrogen-bond donors (Lipinski definition) is 1. The molecule has 0 aliphatic heterocycles. The molecular formula is C14H15NO2. The Bertz CT molecular complexity index is 540. The molecule has 2 rings (SSSR count). The third kappa shape index (κ3) is 2.97. The molecule has 1 aromatic carbocycles. The van der Waals surface area contributed by atoms with Crippen LogP contribution in [0.1, 0.15) is 18.9 Å². The molecule has 0 bridgehead atoms. The van der Waals surface area contributed by atoms with E-state index >= 15 is 0 Å². The van der Waals surface area contributed by atoms with E-state index in [2.05, 4.69) is 11.1 Å². The first-order valence-electron chi connectivity index (χ1n) is 5.69. The number of carbonyl (C=O) groups excluding carboxylic acids is 1. The summed E-state index contributed by atoms with van der Waals surface area (Å²) in [5.41, 5.74) is 2.20. The number of hydrogen-bond acceptors (Lipinski definition) is 2. The van der Waals surface area contributed by atoms with Gasteiger partial charge in [-0.3, -0.25) is 4.79 Å². The summed E-state index contributed by atoms with van der Waals surface area (Å²) in [6.07, 6.45) is 5.99. The van der Waals surface area contributed by atoms with E-state index in [1.807, 2.05) is 36.5 Å². The first-order valence-corrected chi connectivity index (χ1v) is 5.69. The fourth-order valence-electron chi connectivity index (χ4n) is 1.69. The van der Waals surface area contributed by atoms with Crippen molar-refractivity contribution in [1.29, 1.82) is 0 Å².